The molecule has 2 aliphatic rings. The number of aromatic amines is 1. The van der Waals surface area contributed by atoms with E-state index >= 15 is 0 Å². The number of H-pyrrole nitrogens is 1. The van der Waals surface area contributed by atoms with Gasteiger partial charge in [0.05, 0.1) is 11.0 Å². The number of carboxylic acid groups (broad SMARTS) is 1. The van der Waals surface area contributed by atoms with E-state index in [-0.39, 0.29) is 18.2 Å². The van der Waals surface area contributed by atoms with E-state index < -0.39 is 28.3 Å². The molecule has 1 saturated heterocycles. The molecule has 1 unspecified atom stereocenters. The molecule has 0 saturated carbocycles. The lowest BCUT2D eigenvalue weighted by Crippen LogP contribution is -2.81. The summed E-state index contributed by atoms with van der Waals surface area (Å²) in [5.41, 5.74) is 6.45. The number of thioether (sulfide) groups is 1. The molecule has 3 heterocycles. The Morgan fingerprint density at radius 2 is 2.16 bits per heavy atom. The number of imidazole rings is 1. The van der Waals surface area contributed by atoms with Gasteiger partial charge in [-0.3, -0.25) is 14.5 Å². The molecule has 170 valence electrons. The fourth-order valence-corrected chi connectivity index (χ4v) is 5.88. The molecule has 4 rings (SSSR count). The SMILES string of the molecule is CC(=O)OCC1=C(C(=O)O)N2C(=O)C(Nc3nc4ccc(N)cc4[nH]3)(C(C)(C)C)[C@@H]2SC1. The van der Waals surface area contributed by atoms with Crippen LogP contribution in [0.1, 0.15) is 27.7 Å². The molecular formula is C21H25N5O5S. The van der Waals surface area contributed by atoms with Crippen molar-refractivity contribution in [3.63, 3.8) is 0 Å². The van der Waals surface area contributed by atoms with Crippen LogP contribution in [-0.2, 0) is 19.1 Å². The molecule has 1 aromatic heterocycles. The summed E-state index contributed by atoms with van der Waals surface area (Å²) >= 11 is 1.43. The zero-order chi connectivity index (χ0) is 23.4. The van der Waals surface area contributed by atoms with Crippen LogP contribution in [-0.4, -0.2) is 61.1 Å². The molecule has 1 amide bonds. The van der Waals surface area contributed by atoms with Crippen LogP contribution >= 0.6 is 11.8 Å². The number of anilines is 2. The summed E-state index contributed by atoms with van der Waals surface area (Å²) in [6, 6.07) is 5.29. The summed E-state index contributed by atoms with van der Waals surface area (Å²) in [6.07, 6.45) is 0. The molecule has 2 aliphatic heterocycles. The Morgan fingerprint density at radius 3 is 2.78 bits per heavy atom. The number of hydrogen-bond acceptors (Lipinski definition) is 8. The van der Waals surface area contributed by atoms with Gasteiger partial charge >= 0.3 is 11.9 Å². The van der Waals surface area contributed by atoms with Gasteiger partial charge in [-0.15, -0.1) is 11.8 Å². The molecule has 2 aromatic rings. The second-order valence-corrected chi connectivity index (χ2v) is 9.99. The number of esters is 1. The maximum absolute atomic E-state index is 13.6. The lowest BCUT2D eigenvalue weighted by atomic mass is 9.67. The summed E-state index contributed by atoms with van der Waals surface area (Å²) in [5.74, 6) is -1.40. The number of amides is 1. The highest BCUT2D eigenvalue weighted by atomic mass is 32.2. The smallest absolute Gasteiger partial charge is 0.352 e. The maximum Gasteiger partial charge on any atom is 0.352 e. The molecule has 0 bridgehead atoms. The van der Waals surface area contributed by atoms with Gasteiger partial charge in [-0.2, -0.15) is 0 Å². The molecule has 0 aliphatic carbocycles. The van der Waals surface area contributed by atoms with E-state index in [1.165, 1.54) is 23.6 Å². The third-order valence-corrected chi connectivity index (χ3v) is 7.20. The van der Waals surface area contributed by atoms with Gasteiger partial charge in [0, 0.05) is 23.9 Å². The first-order valence-corrected chi connectivity index (χ1v) is 11.1. The van der Waals surface area contributed by atoms with Gasteiger partial charge in [-0.05, 0) is 23.6 Å². The van der Waals surface area contributed by atoms with Crippen LogP contribution in [0.5, 0.6) is 0 Å². The summed E-state index contributed by atoms with van der Waals surface area (Å²) < 4.78 is 5.01. The fraction of sp³-hybridized carbons (Fsp3) is 0.429. The lowest BCUT2D eigenvalue weighted by Gasteiger charge is -2.62. The first-order chi connectivity index (χ1) is 15.0. The van der Waals surface area contributed by atoms with Gasteiger partial charge in [0.25, 0.3) is 5.91 Å². The highest BCUT2D eigenvalue weighted by molar-refractivity contribution is 8.00. The number of nitrogens with one attached hydrogen (secondary N) is 2. The summed E-state index contributed by atoms with van der Waals surface area (Å²) in [4.78, 5) is 45.9. The van der Waals surface area contributed by atoms with Crippen LogP contribution in [0.3, 0.4) is 0 Å². The Hall–Kier alpha value is -3.21. The first kappa shape index (κ1) is 22.0. The third kappa shape index (κ3) is 3.27. The highest BCUT2D eigenvalue weighted by Crippen LogP contribution is 2.54. The first-order valence-electron chi connectivity index (χ1n) is 10.0. The summed E-state index contributed by atoms with van der Waals surface area (Å²) in [6.45, 7) is 6.87. The Kier molecular flexibility index (Phi) is 5.11. The van der Waals surface area contributed by atoms with Gasteiger partial charge in [-0.1, -0.05) is 20.8 Å². The van der Waals surface area contributed by atoms with Gasteiger partial charge in [0.1, 0.15) is 17.7 Å². The fourth-order valence-electron chi connectivity index (χ4n) is 4.19. The van der Waals surface area contributed by atoms with Crippen molar-refractivity contribution >= 4 is 52.3 Å². The molecule has 1 fully saturated rings. The molecule has 0 spiro atoms. The molecule has 0 radical (unpaired) electrons. The number of nitrogens with two attached hydrogens (primary N) is 1. The highest BCUT2D eigenvalue weighted by Gasteiger charge is 2.69. The monoisotopic (exact) mass is 459 g/mol. The van der Waals surface area contributed by atoms with Crippen molar-refractivity contribution in [2.45, 2.75) is 38.6 Å². The molecular weight excluding hydrogens is 434 g/mol. The van der Waals surface area contributed by atoms with E-state index in [1.807, 2.05) is 20.8 Å². The Labute approximate surface area is 188 Å². The van der Waals surface area contributed by atoms with Crippen molar-refractivity contribution in [2.75, 3.05) is 23.4 Å². The predicted molar refractivity (Wildman–Crippen MR) is 121 cm³/mol. The number of aromatic nitrogens is 2. The average molecular weight is 460 g/mol. The van der Waals surface area contributed by atoms with Gasteiger partial charge in [0.2, 0.25) is 5.95 Å². The summed E-state index contributed by atoms with van der Waals surface area (Å²) in [5, 5.41) is 12.7. The van der Waals surface area contributed by atoms with Crippen LogP contribution in [0.4, 0.5) is 11.6 Å². The Bertz CT molecular complexity index is 1170. The van der Waals surface area contributed by atoms with E-state index in [2.05, 4.69) is 15.3 Å². The van der Waals surface area contributed by atoms with Crippen molar-refractivity contribution < 1.29 is 24.2 Å². The van der Waals surface area contributed by atoms with Crippen LogP contribution in [0.15, 0.2) is 29.5 Å². The zero-order valence-electron chi connectivity index (χ0n) is 18.2. The number of nitrogen functional groups attached to an aromatic ring is 1. The van der Waals surface area contributed by atoms with Crippen LogP contribution in [0.25, 0.3) is 11.0 Å². The minimum absolute atomic E-state index is 0.126. The number of ether oxygens (including phenoxy) is 1. The molecule has 11 heteroatoms. The van der Waals surface area contributed by atoms with E-state index in [9.17, 15) is 19.5 Å². The summed E-state index contributed by atoms with van der Waals surface area (Å²) in [7, 11) is 0. The number of benzene rings is 1. The zero-order valence-corrected chi connectivity index (χ0v) is 19.0. The average Bonchev–Trinajstić information content (AvgIpc) is 3.09. The van der Waals surface area contributed by atoms with Crippen LogP contribution in [0.2, 0.25) is 0 Å². The van der Waals surface area contributed by atoms with Crippen molar-refractivity contribution in [3.05, 3.63) is 29.5 Å². The van der Waals surface area contributed by atoms with Crippen molar-refractivity contribution in [2.24, 2.45) is 5.41 Å². The van der Waals surface area contributed by atoms with E-state index in [4.69, 9.17) is 10.5 Å². The number of β-lactam (4-membered cyclic amide) rings is 1. The number of aliphatic carboxylic acids is 1. The van der Waals surface area contributed by atoms with Crippen LogP contribution < -0.4 is 11.1 Å². The minimum Gasteiger partial charge on any atom is -0.477 e. The second-order valence-electron chi connectivity index (χ2n) is 8.92. The lowest BCUT2D eigenvalue weighted by molar-refractivity contribution is -0.159. The predicted octanol–water partition coefficient (Wildman–Crippen LogP) is 2.16. The molecule has 5 N–H and O–H groups in total. The van der Waals surface area contributed by atoms with E-state index in [0.29, 0.717) is 28.5 Å². The molecule has 2 atom stereocenters. The van der Waals surface area contributed by atoms with Crippen molar-refractivity contribution in [1.29, 1.82) is 0 Å². The second kappa shape index (κ2) is 7.44. The van der Waals surface area contributed by atoms with Gasteiger partial charge in [0.15, 0.2) is 5.54 Å². The number of rotatable bonds is 5. The number of carbonyl (C=O) groups excluding carboxylic acids is 2. The normalized spacial score (nSPS) is 23.1. The molecule has 32 heavy (non-hydrogen) atoms. The number of carboxylic acids is 1. The Morgan fingerprint density at radius 1 is 1.44 bits per heavy atom. The largest absolute Gasteiger partial charge is 0.477 e. The number of fused-ring (bicyclic) bond motifs is 2. The topological polar surface area (TPSA) is 151 Å². The van der Waals surface area contributed by atoms with Gasteiger partial charge in [-0.25, -0.2) is 9.78 Å². The Balaban J connectivity index is 1.72. The molecule has 1 aromatic carbocycles. The van der Waals surface area contributed by atoms with Crippen molar-refractivity contribution in [3.8, 4) is 0 Å². The standard InChI is InChI=1S/C21H25N5O5S/c1-10(27)31-8-11-9-32-18-21(20(2,3)4,17(30)26(18)15(11)16(28)29)25-19-23-13-6-5-12(22)7-14(13)24-19/h5-7,18H,8-9,22H2,1-4H3,(H,28,29)(H2,23,24,25)/t18-,21?/m0/s1. The van der Waals surface area contributed by atoms with Gasteiger partial charge < -0.3 is 25.9 Å². The minimum atomic E-state index is -1.23. The number of carbonyl (C=O) groups is 3. The third-order valence-electron chi connectivity index (χ3n) is 5.81. The van der Waals surface area contributed by atoms with Crippen LogP contribution in [0, 0.1) is 5.41 Å². The maximum atomic E-state index is 13.6. The van der Waals surface area contributed by atoms with Crippen molar-refractivity contribution in [1.82, 2.24) is 14.9 Å². The molecule has 10 nitrogen and oxygen atoms in total. The quantitative estimate of drug-likeness (QED) is 0.299. The van der Waals surface area contributed by atoms with E-state index in [1.54, 1.807) is 18.2 Å². The number of nitrogens with zero attached hydrogens (tertiary/aromatic N) is 2. The van der Waals surface area contributed by atoms with E-state index in [0.717, 1.165) is 5.52 Å². The number of hydrogen-bond donors (Lipinski definition) is 4.